The summed E-state index contributed by atoms with van der Waals surface area (Å²) in [5.74, 6) is 0.153. The molecule has 0 aliphatic rings. The van der Waals surface area contributed by atoms with Gasteiger partial charge in [-0.15, -0.1) is 0 Å². The molecule has 0 aliphatic heterocycles. The van der Waals surface area contributed by atoms with E-state index in [2.05, 4.69) is 11.1 Å². The fourth-order valence-corrected chi connectivity index (χ4v) is 2.17. The minimum absolute atomic E-state index is 0.153. The molecule has 2 aromatic heterocycles. The highest BCUT2D eigenvalue weighted by atomic mass is 16.5. The smallest absolute Gasteiger partial charge is 0.327 e. The van der Waals surface area contributed by atoms with E-state index in [1.807, 2.05) is 6.07 Å². The highest BCUT2D eigenvalue weighted by molar-refractivity contribution is 5.95. The van der Waals surface area contributed by atoms with E-state index in [4.69, 9.17) is 5.26 Å². The van der Waals surface area contributed by atoms with Crippen LogP contribution in [0.25, 0.3) is 22.2 Å². The fraction of sp³-hybridized carbons (Fsp3) is 0. The van der Waals surface area contributed by atoms with Crippen LogP contribution in [-0.2, 0) is 0 Å². The van der Waals surface area contributed by atoms with Crippen LogP contribution in [0.4, 0.5) is 0 Å². The Morgan fingerprint density at radius 2 is 2.11 bits per heavy atom. The Hall–Kier alpha value is -3.00. The zero-order valence-electron chi connectivity index (χ0n) is 9.83. The van der Waals surface area contributed by atoms with Crippen LogP contribution in [-0.4, -0.2) is 15.3 Å². The minimum atomic E-state index is 0.153. The molecular formula is C14H10N3O2+. The first kappa shape index (κ1) is 11.1. The van der Waals surface area contributed by atoms with E-state index in [-0.39, 0.29) is 5.75 Å². The van der Waals surface area contributed by atoms with Crippen LogP contribution in [0.2, 0.25) is 0 Å². The Bertz CT molecular complexity index is 815. The Morgan fingerprint density at radius 3 is 2.84 bits per heavy atom. The van der Waals surface area contributed by atoms with Gasteiger partial charge in [-0.3, -0.25) is 0 Å². The topological polar surface area (TPSA) is 83.9 Å². The average molecular weight is 252 g/mol. The zero-order chi connectivity index (χ0) is 13.4. The van der Waals surface area contributed by atoms with Crippen LogP contribution >= 0.6 is 0 Å². The number of phenolic OH excluding ortho intramolecular Hbond substituents is 1. The quantitative estimate of drug-likeness (QED) is 0.457. The molecule has 0 saturated carbocycles. The Kier molecular flexibility index (Phi) is 2.36. The Balaban J connectivity index is 2.39. The van der Waals surface area contributed by atoms with Gasteiger partial charge in [0.05, 0.1) is 5.39 Å². The molecule has 0 fully saturated rings. The summed E-state index contributed by atoms with van der Waals surface area (Å²) in [5.41, 5.74) is 2.44. The molecule has 0 radical (unpaired) electrons. The van der Waals surface area contributed by atoms with Gasteiger partial charge in [0, 0.05) is 5.56 Å². The SMILES string of the molecule is N#Cc1c[nH]c2c1c(-c1cccc(O)c1)cc[n+]2O. The van der Waals surface area contributed by atoms with Crippen molar-refractivity contribution in [2.75, 3.05) is 0 Å². The molecule has 0 saturated heterocycles. The number of aromatic hydroxyl groups is 1. The molecular weight excluding hydrogens is 242 g/mol. The van der Waals surface area contributed by atoms with Crippen molar-refractivity contribution in [2.45, 2.75) is 0 Å². The van der Waals surface area contributed by atoms with Crippen molar-refractivity contribution in [2.24, 2.45) is 0 Å². The summed E-state index contributed by atoms with van der Waals surface area (Å²) < 4.78 is 0.933. The first-order valence-corrected chi connectivity index (χ1v) is 5.65. The number of pyridine rings is 1. The van der Waals surface area contributed by atoms with Crippen molar-refractivity contribution in [3.05, 3.63) is 48.3 Å². The van der Waals surface area contributed by atoms with Gasteiger partial charge in [0.1, 0.15) is 29.8 Å². The number of benzene rings is 1. The zero-order valence-corrected chi connectivity index (χ0v) is 9.83. The van der Waals surface area contributed by atoms with E-state index >= 15 is 0 Å². The summed E-state index contributed by atoms with van der Waals surface area (Å²) >= 11 is 0. The first-order valence-electron chi connectivity index (χ1n) is 5.65. The molecule has 1 aromatic carbocycles. The van der Waals surface area contributed by atoms with Crippen LogP contribution in [0, 0.1) is 11.3 Å². The number of hydrogen-bond acceptors (Lipinski definition) is 3. The lowest BCUT2D eigenvalue weighted by molar-refractivity contribution is -0.885. The van der Waals surface area contributed by atoms with Crippen molar-refractivity contribution in [3.8, 4) is 22.9 Å². The van der Waals surface area contributed by atoms with Gasteiger partial charge < -0.3 is 10.3 Å². The molecule has 2 heterocycles. The van der Waals surface area contributed by atoms with Crippen molar-refractivity contribution >= 4 is 11.0 Å². The van der Waals surface area contributed by atoms with Crippen molar-refractivity contribution < 1.29 is 15.0 Å². The molecule has 0 aliphatic carbocycles. The highest BCUT2D eigenvalue weighted by Gasteiger charge is 2.18. The van der Waals surface area contributed by atoms with Gasteiger partial charge in [-0.05, 0) is 23.8 Å². The van der Waals surface area contributed by atoms with Gasteiger partial charge in [-0.2, -0.15) is 5.26 Å². The van der Waals surface area contributed by atoms with Crippen molar-refractivity contribution in [3.63, 3.8) is 0 Å². The predicted octanol–water partition coefficient (Wildman–Crippen LogP) is 1.94. The van der Waals surface area contributed by atoms with Crippen LogP contribution in [0.3, 0.4) is 0 Å². The molecule has 5 nitrogen and oxygen atoms in total. The van der Waals surface area contributed by atoms with E-state index < -0.39 is 0 Å². The summed E-state index contributed by atoms with van der Waals surface area (Å²) in [6, 6.07) is 10.6. The van der Waals surface area contributed by atoms with E-state index in [9.17, 15) is 10.3 Å². The van der Waals surface area contributed by atoms with E-state index in [0.29, 0.717) is 16.6 Å². The molecule has 3 N–H and O–H groups in total. The highest BCUT2D eigenvalue weighted by Crippen LogP contribution is 2.30. The van der Waals surface area contributed by atoms with Gasteiger partial charge in [0.25, 0.3) is 0 Å². The molecule has 5 heteroatoms. The normalized spacial score (nSPS) is 10.5. The summed E-state index contributed by atoms with van der Waals surface area (Å²) in [7, 11) is 0. The van der Waals surface area contributed by atoms with E-state index in [1.165, 1.54) is 6.20 Å². The number of nitrogens with zero attached hydrogens (tertiary/aromatic N) is 2. The van der Waals surface area contributed by atoms with Gasteiger partial charge in [0.2, 0.25) is 0 Å². The summed E-state index contributed by atoms with van der Waals surface area (Å²) in [4.78, 5) is 2.86. The molecule has 0 unspecified atom stereocenters. The van der Waals surface area contributed by atoms with E-state index in [0.717, 1.165) is 15.9 Å². The third kappa shape index (κ3) is 1.67. The number of aromatic amines is 1. The lowest BCUT2D eigenvalue weighted by Crippen LogP contribution is -2.30. The van der Waals surface area contributed by atoms with Gasteiger partial charge in [-0.1, -0.05) is 16.9 Å². The number of H-pyrrole nitrogens is 1. The Labute approximate surface area is 108 Å². The standard InChI is InChI=1S/C14H9N3O2/c15-7-10-8-16-14-13(10)12(4-5-17(14)19)9-2-1-3-11(18)6-9/h1-6,8,18-19H/p+1. The molecule has 3 aromatic rings. The summed E-state index contributed by atoms with van der Waals surface area (Å²) in [6.45, 7) is 0. The fourth-order valence-electron chi connectivity index (χ4n) is 2.17. The molecule has 0 amide bonds. The lowest BCUT2D eigenvalue weighted by atomic mass is 10.0. The van der Waals surface area contributed by atoms with Crippen LogP contribution in [0.15, 0.2) is 42.7 Å². The third-order valence-electron chi connectivity index (χ3n) is 3.02. The lowest BCUT2D eigenvalue weighted by Gasteiger charge is -2.03. The predicted molar refractivity (Wildman–Crippen MR) is 67.5 cm³/mol. The maximum atomic E-state index is 9.73. The van der Waals surface area contributed by atoms with Gasteiger partial charge in [-0.25, -0.2) is 4.98 Å². The minimum Gasteiger partial charge on any atom is -0.508 e. The van der Waals surface area contributed by atoms with Crippen LogP contribution in [0.5, 0.6) is 5.75 Å². The number of hydrogen-bond donors (Lipinski definition) is 3. The second kappa shape index (κ2) is 4.03. The average Bonchev–Trinajstić information content (AvgIpc) is 2.84. The number of nitrogens with one attached hydrogen (secondary N) is 1. The maximum absolute atomic E-state index is 9.73. The van der Waals surface area contributed by atoms with E-state index in [1.54, 1.807) is 30.5 Å². The second-order valence-electron chi connectivity index (χ2n) is 4.16. The number of nitriles is 1. The number of rotatable bonds is 1. The number of aromatic nitrogens is 2. The van der Waals surface area contributed by atoms with Crippen LogP contribution in [0.1, 0.15) is 5.56 Å². The molecule has 0 atom stereocenters. The largest absolute Gasteiger partial charge is 0.508 e. The molecule has 0 spiro atoms. The molecule has 92 valence electrons. The summed E-state index contributed by atoms with van der Waals surface area (Å²) in [6.07, 6.45) is 3.03. The van der Waals surface area contributed by atoms with Gasteiger partial charge in [0.15, 0.2) is 0 Å². The number of phenols is 1. The van der Waals surface area contributed by atoms with Gasteiger partial charge >= 0.3 is 5.65 Å². The molecule has 3 rings (SSSR count). The van der Waals surface area contributed by atoms with Crippen molar-refractivity contribution in [1.29, 1.82) is 5.26 Å². The van der Waals surface area contributed by atoms with Crippen LogP contribution < -0.4 is 4.73 Å². The third-order valence-corrected chi connectivity index (χ3v) is 3.02. The Morgan fingerprint density at radius 1 is 1.26 bits per heavy atom. The first-order chi connectivity index (χ1) is 9.20. The molecule has 19 heavy (non-hydrogen) atoms. The maximum Gasteiger partial charge on any atom is 0.327 e. The van der Waals surface area contributed by atoms with Crippen molar-refractivity contribution in [1.82, 2.24) is 4.98 Å². The monoisotopic (exact) mass is 252 g/mol. The summed E-state index contributed by atoms with van der Waals surface area (Å²) in [5, 5.41) is 29.0. The number of fused-ring (bicyclic) bond motifs is 1. The molecule has 0 bridgehead atoms. The second-order valence-corrected chi connectivity index (χ2v) is 4.16.